The van der Waals surface area contributed by atoms with E-state index >= 15 is 0 Å². The molecule has 0 heterocycles. The van der Waals surface area contributed by atoms with Gasteiger partial charge in [0, 0.05) is 0 Å². The van der Waals surface area contributed by atoms with Crippen molar-refractivity contribution in [2.45, 2.75) is 34.3 Å². The number of carbonyl (C=O) groups excluding carboxylic acids is 2. The van der Waals surface area contributed by atoms with E-state index in [2.05, 4.69) is 13.2 Å². The number of benzene rings is 1. The summed E-state index contributed by atoms with van der Waals surface area (Å²) in [5.41, 5.74) is 0. The molecule has 0 spiro atoms. The van der Waals surface area contributed by atoms with Crippen LogP contribution >= 0.6 is 0 Å². The minimum atomic E-state index is -1.98. The molecule has 27 heavy (non-hydrogen) atoms. The van der Waals surface area contributed by atoms with E-state index in [4.69, 9.17) is 4.74 Å². The van der Waals surface area contributed by atoms with Crippen LogP contribution in [0.25, 0.3) is 0 Å². The van der Waals surface area contributed by atoms with E-state index in [0.717, 1.165) is 0 Å². The fourth-order valence-corrected chi connectivity index (χ4v) is 7.15. The third-order valence-electron chi connectivity index (χ3n) is 5.16. The second-order valence-corrected chi connectivity index (χ2v) is 11.0. The van der Waals surface area contributed by atoms with Gasteiger partial charge in [0.05, 0.1) is 0 Å². The number of hydrogen-bond donors (Lipinski definition) is 0. The molecule has 3 rings (SSSR count). The Morgan fingerprint density at radius 3 is 2.22 bits per heavy atom. The van der Waals surface area contributed by atoms with Gasteiger partial charge in [0.1, 0.15) is 0 Å². The van der Waals surface area contributed by atoms with Gasteiger partial charge in [0.15, 0.2) is 0 Å². The summed E-state index contributed by atoms with van der Waals surface area (Å²) in [5.74, 6) is 0.820. The third-order valence-corrected chi connectivity index (χ3v) is 9.96. The Morgan fingerprint density at radius 2 is 1.74 bits per heavy atom. The van der Waals surface area contributed by atoms with Gasteiger partial charge in [-0.2, -0.15) is 0 Å². The molecule has 0 radical (unpaired) electrons. The Morgan fingerprint density at radius 1 is 1.15 bits per heavy atom. The molecule has 0 N–H and O–H groups in total. The molecule has 2 fully saturated rings. The summed E-state index contributed by atoms with van der Waals surface area (Å²) >= 11 is -3.72. The Kier molecular flexibility index (Phi) is 5.33. The molecule has 4 unspecified atom stereocenters. The first-order valence-electron chi connectivity index (χ1n) is 8.33. The normalized spacial score (nSPS) is 32.1. The van der Waals surface area contributed by atoms with Crippen LogP contribution in [0.1, 0.15) is 19.8 Å². The molecule has 2 saturated carbocycles. The Balaban J connectivity index is 1.83. The van der Waals surface area contributed by atoms with E-state index in [9.17, 15) is 17.3 Å². The molecule has 0 aromatic heterocycles. The number of allylic oxidation sites excluding steroid dienone is 2. The van der Waals surface area contributed by atoms with Gasteiger partial charge in [0.2, 0.25) is 0 Å². The number of ether oxygens (including phenoxy) is 1. The Hall–Kier alpha value is -1.55. The summed E-state index contributed by atoms with van der Waals surface area (Å²) < 4.78 is 29.2. The number of carbonyl (C=O) groups is 2. The fraction of sp³-hybridized carbons (Fsp3) is 0.400. The molecule has 1 aromatic carbocycles. The van der Waals surface area contributed by atoms with Crippen LogP contribution in [0.5, 0.6) is 5.75 Å². The fourth-order valence-electron chi connectivity index (χ4n) is 3.29. The summed E-state index contributed by atoms with van der Waals surface area (Å²) in [4.78, 5) is 24.7. The average molecular weight is 460 g/mol. The molecular formula is C20H22Co2O5. The molecule has 0 bridgehead atoms. The quantitative estimate of drug-likeness (QED) is 0.337. The second-order valence-electron chi connectivity index (χ2n) is 6.71. The standard InChI is InChI=1S/C12H10O2.C7H9O.CH3.2Co.2O/c1-2-9-8-11(9)12(13)14-10-6-4-3-5-7-10;1-3-6-4-7(6)5(2)8;;;;;/h2-4,6-7,9H,1,8H2;3,6H,1,4H2,2H3;1H3;;;;. The monoisotopic (exact) mass is 460 g/mol. The van der Waals surface area contributed by atoms with Crippen LogP contribution in [0.2, 0.25) is 14.6 Å². The van der Waals surface area contributed by atoms with Gasteiger partial charge in [-0.25, -0.2) is 0 Å². The van der Waals surface area contributed by atoms with Crippen LogP contribution in [0.4, 0.5) is 0 Å². The molecule has 4 atom stereocenters. The van der Waals surface area contributed by atoms with E-state index in [0.29, 0.717) is 17.3 Å². The van der Waals surface area contributed by atoms with Crippen molar-refractivity contribution in [3.05, 3.63) is 49.6 Å². The van der Waals surface area contributed by atoms with Crippen LogP contribution in [-0.4, -0.2) is 11.8 Å². The maximum absolute atomic E-state index is 13.1. The van der Waals surface area contributed by atoms with Crippen molar-refractivity contribution in [3.8, 4) is 5.75 Å². The zero-order chi connectivity index (χ0) is 20.0. The zero-order valence-corrected chi connectivity index (χ0v) is 17.2. The predicted octanol–water partition coefficient (Wildman–Crippen LogP) is 3.51. The predicted molar refractivity (Wildman–Crippen MR) is 91.6 cm³/mol. The van der Waals surface area contributed by atoms with Crippen LogP contribution in [0.15, 0.2) is 49.6 Å². The van der Waals surface area contributed by atoms with Crippen molar-refractivity contribution in [3.63, 3.8) is 0 Å². The van der Waals surface area contributed by atoms with Crippen LogP contribution in [-0.2, 0) is 44.5 Å². The average Bonchev–Trinajstić information content (AvgIpc) is 3.53. The summed E-state index contributed by atoms with van der Waals surface area (Å²) in [6.07, 6.45) is 4.28. The van der Waals surface area contributed by atoms with E-state index in [-0.39, 0.29) is 23.4 Å². The maximum atomic E-state index is 13.1. The summed E-state index contributed by atoms with van der Waals surface area (Å²) in [6, 6.07) is 6.42. The van der Waals surface area contributed by atoms with Crippen molar-refractivity contribution in [2.75, 3.05) is 0 Å². The van der Waals surface area contributed by atoms with Gasteiger partial charge in [-0.15, -0.1) is 0 Å². The van der Waals surface area contributed by atoms with Crippen molar-refractivity contribution >= 4 is 16.3 Å². The van der Waals surface area contributed by atoms with E-state index < -0.39 is 41.8 Å². The molecular weight excluding hydrogens is 438 g/mol. The molecule has 7 heteroatoms. The van der Waals surface area contributed by atoms with E-state index in [1.807, 2.05) is 0 Å². The molecule has 0 aliphatic heterocycles. The third kappa shape index (κ3) is 3.16. The van der Waals surface area contributed by atoms with E-state index in [1.165, 1.54) is 18.8 Å². The van der Waals surface area contributed by atoms with Crippen LogP contribution < -0.4 is 9.23 Å². The topological polar surface area (TPSA) is 77.5 Å². The number of ketones is 1. The summed E-state index contributed by atoms with van der Waals surface area (Å²) in [7, 11) is 0. The SMILES string of the molecule is C=CC1C[C]1(C(=O)Oc1ccc[c]([Co](=[O])[C]2(C(C)=O)CC2C=C)c1)[Co]([CH3])=[O]. The van der Waals surface area contributed by atoms with E-state index in [1.54, 1.807) is 30.4 Å². The van der Waals surface area contributed by atoms with Crippen molar-refractivity contribution in [1.29, 1.82) is 0 Å². The van der Waals surface area contributed by atoms with Gasteiger partial charge in [0.25, 0.3) is 0 Å². The first-order chi connectivity index (χ1) is 12.7. The molecule has 5 nitrogen and oxygen atoms in total. The zero-order valence-electron chi connectivity index (χ0n) is 15.2. The minimum absolute atomic E-state index is 0.101. The van der Waals surface area contributed by atoms with Crippen molar-refractivity contribution in [2.24, 2.45) is 11.8 Å². The van der Waals surface area contributed by atoms with Gasteiger partial charge in [-0.05, 0) is 0 Å². The Labute approximate surface area is 166 Å². The van der Waals surface area contributed by atoms with Crippen molar-refractivity contribution in [1.82, 2.24) is 0 Å². The Bertz CT molecular complexity index is 892. The second kappa shape index (κ2) is 7.12. The molecule has 2 aliphatic rings. The number of esters is 1. The molecule has 0 amide bonds. The first-order valence-corrected chi connectivity index (χ1v) is 11.8. The summed E-state index contributed by atoms with van der Waals surface area (Å²) in [6.45, 7) is 8.84. The number of Topliss-reactive ketones (excluding diaryl/α,β-unsaturated/α-hetero) is 1. The molecule has 0 saturated heterocycles. The van der Waals surface area contributed by atoms with Crippen molar-refractivity contribution < 1.29 is 49.2 Å². The first kappa shape index (κ1) is 20.2. The molecule has 1 aromatic rings. The van der Waals surface area contributed by atoms with Gasteiger partial charge in [-0.3, -0.25) is 0 Å². The molecule has 150 valence electrons. The van der Waals surface area contributed by atoms with Gasteiger partial charge >= 0.3 is 167 Å². The van der Waals surface area contributed by atoms with Gasteiger partial charge < -0.3 is 0 Å². The van der Waals surface area contributed by atoms with Crippen LogP contribution in [0, 0.1) is 11.8 Å². The number of hydrogen-bond acceptors (Lipinski definition) is 5. The number of rotatable bonds is 8. The molecule has 2 aliphatic carbocycles. The van der Waals surface area contributed by atoms with Crippen LogP contribution in [0.3, 0.4) is 0 Å². The van der Waals surface area contributed by atoms with Gasteiger partial charge in [-0.1, -0.05) is 0 Å². The summed E-state index contributed by atoms with van der Waals surface area (Å²) in [5, 5.41) is 0.